The van der Waals surface area contributed by atoms with Crippen LogP contribution in [0, 0.1) is 0 Å². The number of carbonyl (C=O) groups excluding carboxylic acids is 2. The summed E-state index contributed by atoms with van der Waals surface area (Å²) in [5, 5.41) is 11.8. The van der Waals surface area contributed by atoms with Crippen molar-refractivity contribution in [3.8, 4) is 5.75 Å². The number of ketones is 1. The molecule has 0 bridgehead atoms. The summed E-state index contributed by atoms with van der Waals surface area (Å²) in [5.41, 5.74) is 1.06. The van der Waals surface area contributed by atoms with Crippen LogP contribution in [0.25, 0.3) is 0 Å². The van der Waals surface area contributed by atoms with Gasteiger partial charge in [0.15, 0.2) is 11.8 Å². The van der Waals surface area contributed by atoms with Gasteiger partial charge in [0.2, 0.25) is 5.91 Å². The van der Waals surface area contributed by atoms with Crippen molar-refractivity contribution in [1.29, 1.82) is 0 Å². The molecule has 2 N–H and O–H groups in total. The lowest BCUT2D eigenvalue weighted by atomic mass is 10.0. The van der Waals surface area contributed by atoms with E-state index in [2.05, 4.69) is 5.32 Å². The summed E-state index contributed by atoms with van der Waals surface area (Å²) >= 11 is 0. The topological polar surface area (TPSA) is 92.7 Å². The van der Waals surface area contributed by atoms with Crippen LogP contribution in [0.3, 0.4) is 0 Å². The Morgan fingerprint density at radius 1 is 1.00 bits per heavy atom. The van der Waals surface area contributed by atoms with Crippen molar-refractivity contribution in [3.05, 3.63) is 65.7 Å². The van der Waals surface area contributed by atoms with Gasteiger partial charge in [-0.1, -0.05) is 30.3 Å². The summed E-state index contributed by atoms with van der Waals surface area (Å²) in [6.45, 7) is 0. The van der Waals surface area contributed by atoms with Gasteiger partial charge in [0.25, 0.3) is 0 Å². The second-order valence-electron chi connectivity index (χ2n) is 5.75. The lowest BCUT2D eigenvalue weighted by molar-refractivity contribution is -0.142. The van der Waals surface area contributed by atoms with Gasteiger partial charge >= 0.3 is 5.97 Å². The van der Waals surface area contributed by atoms with E-state index in [-0.39, 0.29) is 18.6 Å². The Morgan fingerprint density at radius 3 is 2.23 bits per heavy atom. The summed E-state index contributed by atoms with van der Waals surface area (Å²) in [4.78, 5) is 35.5. The third kappa shape index (κ3) is 5.44. The molecule has 0 aromatic heterocycles. The number of hydrogen-bond acceptors (Lipinski definition) is 4. The van der Waals surface area contributed by atoms with Crippen LogP contribution in [0.4, 0.5) is 0 Å². The number of benzene rings is 2. The highest BCUT2D eigenvalue weighted by Crippen LogP contribution is 2.15. The van der Waals surface area contributed by atoms with Crippen LogP contribution in [0.1, 0.15) is 41.2 Å². The van der Waals surface area contributed by atoms with Crippen LogP contribution < -0.4 is 10.1 Å². The molecule has 1 amide bonds. The second-order valence-corrected chi connectivity index (χ2v) is 5.75. The van der Waals surface area contributed by atoms with Gasteiger partial charge in [-0.05, 0) is 36.2 Å². The molecule has 0 unspecified atom stereocenters. The van der Waals surface area contributed by atoms with Crippen molar-refractivity contribution < 1.29 is 24.2 Å². The van der Waals surface area contributed by atoms with Crippen LogP contribution in [0.2, 0.25) is 0 Å². The smallest absolute Gasteiger partial charge is 0.330 e. The van der Waals surface area contributed by atoms with E-state index in [0.717, 1.165) is 0 Å². The van der Waals surface area contributed by atoms with Crippen molar-refractivity contribution >= 4 is 17.7 Å². The molecule has 0 heterocycles. The van der Waals surface area contributed by atoms with Gasteiger partial charge in [0.05, 0.1) is 7.11 Å². The Kier molecular flexibility index (Phi) is 6.91. The van der Waals surface area contributed by atoms with Crippen molar-refractivity contribution in [2.75, 3.05) is 7.11 Å². The highest BCUT2D eigenvalue weighted by molar-refractivity contribution is 5.96. The molecule has 0 fully saturated rings. The predicted molar refractivity (Wildman–Crippen MR) is 96.1 cm³/mol. The standard InChI is InChI=1S/C20H21NO5/c1-26-16-12-10-14(11-13-16)17(22)8-5-9-18(23)21-19(20(24)25)15-6-3-2-4-7-15/h2-4,6-7,10-13,19H,5,8-9H2,1H3,(H,21,23)(H,24,25)/t19-/m1/s1. The van der Waals surface area contributed by atoms with E-state index in [1.807, 2.05) is 0 Å². The van der Waals surface area contributed by atoms with Crippen LogP contribution in [-0.4, -0.2) is 29.9 Å². The largest absolute Gasteiger partial charge is 0.497 e. The average Bonchev–Trinajstić information content (AvgIpc) is 2.66. The Morgan fingerprint density at radius 2 is 1.65 bits per heavy atom. The normalized spacial score (nSPS) is 11.4. The zero-order valence-electron chi connectivity index (χ0n) is 14.5. The second kappa shape index (κ2) is 9.36. The fourth-order valence-electron chi connectivity index (χ4n) is 2.50. The number of carboxylic acids is 1. The fourth-order valence-corrected chi connectivity index (χ4v) is 2.50. The number of methoxy groups -OCH3 is 1. The number of amides is 1. The molecule has 2 aromatic carbocycles. The van der Waals surface area contributed by atoms with E-state index in [1.165, 1.54) is 0 Å². The molecule has 2 aromatic rings. The van der Waals surface area contributed by atoms with Crippen molar-refractivity contribution in [1.82, 2.24) is 5.32 Å². The molecule has 0 aliphatic carbocycles. The first kappa shape index (κ1) is 19.2. The number of ether oxygens (including phenoxy) is 1. The number of rotatable bonds is 9. The third-order valence-corrected chi connectivity index (χ3v) is 3.90. The minimum Gasteiger partial charge on any atom is -0.497 e. The minimum atomic E-state index is -1.13. The number of aliphatic carboxylic acids is 1. The molecule has 6 heteroatoms. The fraction of sp³-hybridized carbons (Fsp3) is 0.250. The predicted octanol–water partition coefficient (Wildman–Crippen LogP) is 2.99. The first-order valence-corrected chi connectivity index (χ1v) is 8.25. The maximum Gasteiger partial charge on any atom is 0.330 e. The molecule has 136 valence electrons. The van der Waals surface area contributed by atoms with E-state index in [0.29, 0.717) is 23.3 Å². The Hall–Kier alpha value is -3.15. The van der Waals surface area contributed by atoms with Crippen LogP contribution in [0.15, 0.2) is 54.6 Å². The van der Waals surface area contributed by atoms with Crippen molar-refractivity contribution in [2.24, 2.45) is 0 Å². The lowest BCUT2D eigenvalue weighted by Crippen LogP contribution is -2.33. The zero-order valence-corrected chi connectivity index (χ0v) is 14.5. The van der Waals surface area contributed by atoms with Crippen molar-refractivity contribution in [3.63, 3.8) is 0 Å². The van der Waals surface area contributed by atoms with E-state index in [1.54, 1.807) is 61.7 Å². The van der Waals surface area contributed by atoms with Crippen LogP contribution >= 0.6 is 0 Å². The van der Waals surface area contributed by atoms with Crippen molar-refractivity contribution in [2.45, 2.75) is 25.3 Å². The number of carboxylic acid groups (broad SMARTS) is 1. The van der Waals surface area contributed by atoms with Gasteiger partial charge in [0.1, 0.15) is 5.75 Å². The monoisotopic (exact) mass is 355 g/mol. The molecule has 0 saturated carbocycles. The number of carbonyl (C=O) groups is 3. The van der Waals surface area contributed by atoms with Crippen LogP contribution in [0.5, 0.6) is 5.75 Å². The van der Waals surface area contributed by atoms with Gasteiger partial charge < -0.3 is 15.2 Å². The molecule has 0 aliphatic rings. The van der Waals surface area contributed by atoms with E-state index >= 15 is 0 Å². The molecule has 2 rings (SSSR count). The van der Waals surface area contributed by atoms with Gasteiger partial charge in [-0.25, -0.2) is 4.79 Å². The average molecular weight is 355 g/mol. The van der Waals surface area contributed by atoms with Gasteiger partial charge in [-0.2, -0.15) is 0 Å². The quantitative estimate of drug-likeness (QED) is 0.675. The number of nitrogens with one attached hydrogen (secondary N) is 1. The molecule has 6 nitrogen and oxygen atoms in total. The molecular formula is C20H21NO5. The summed E-state index contributed by atoms with van der Waals surface area (Å²) < 4.78 is 5.04. The summed E-state index contributed by atoms with van der Waals surface area (Å²) in [7, 11) is 1.55. The summed E-state index contributed by atoms with van der Waals surface area (Å²) in [6.07, 6.45) is 0.638. The number of Topliss-reactive ketones (excluding diaryl/α,β-unsaturated/α-hetero) is 1. The molecule has 1 atom stereocenters. The first-order chi connectivity index (χ1) is 12.5. The minimum absolute atomic E-state index is 0.0710. The first-order valence-electron chi connectivity index (χ1n) is 8.25. The molecule has 0 saturated heterocycles. The summed E-state index contributed by atoms with van der Waals surface area (Å²) in [5.74, 6) is -0.928. The third-order valence-electron chi connectivity index (χ3n) is 3.90. The highest BCUT2D eigenvalue weighted by Gasteiger charge is 2.21. The molecule has 0 radical (unpaired) electrons. The maximum absolute atomic E-state index is 12.1. The lowest BCUT2D eigenvalue weighted by Gasteiger charge is -2.14. The molecule has 26 heavy (non-hydrogen) atoms. The Balaban J connectivity index is 1.83. The van der Waals surface area contributed by atoms with Crippen LogP contribution in [-0.2, 0) is 9.59 Å². The molecular weight excluding hydrogens is 334 g/mol. The van der Waals surface area contributed by atoms with E-state index < -0.39 is 17.9 Å². The number of hydrogen-bond donors (Lipinski definition) is 2. The molecule has 0 spiro atoms. The van der Waals surface area contributed by atoms with Gasteiger partial charge in [0, 0.05) is 18.4 Å². The SMILES string of the molecule is COc1ccc(C(=O)CCCC(=O)N[C@@H](C(=O)O)c2ccccc2)cc1. The summed E-state index contributed by atoms with van der Waals surface area (Å²) in [6, 6.07) is 14.2. The van der Waals surface area contributed by atoms with E-state index in [4.69, 9.17) is 4.74 Å². The van der Waals surface area contributed by atoms with E-state index in [9.17, 15) is 19.5 Å². The van der Waals surface area contributed by atoms with Gasteiger partial charge in [-0.15, -0.1) is 0 Å². The molecule has 0 aliphatic heterocycles. The van der Waals surface area contributed by atoms with Gasteiger partial charge in [-0.3, -0.25) is 9.59 Å². The zero-order chi connectivity index (χ0) is 18.9. The maximum atomic E-state index is 12.1. The Labute approximate surface area is 151 Å². The Bertz CT molecular complexity index is 756. The highest BCUT2D eigenvalue weighted by atomic mass is 16.5.